The Morgan fingerprint density at radius 2 is 2.20 bits per heavy atom. The number of hydrogen-bond acceptors (Lipinski definition) is 3. The number of nitrogens with two attached hydrogens (primary N) is 1. The molecule has 0 aliphatic carbocycles. The Hall–Kier alpha value is -1.13. The predicted octanol–water partition coefficient (Wildman–Crippen LogP) is 3.49. The van der Waals surface area contributed by atoms with Gasteiger partial charge in [-0.15, -0.1) is 11.3 Å². The summed E-state index contributed by atoms with van der Waals surface area (Å²) in [6, 6.07) is 4.79. The van der Waals surface area contributed by atoms with Gasteiger partial charge in [0.2, 0.25) is 0 Å². The van der Waals surface area contributed by atoms with Crippen molar-refractivity contribution in [2.75, 3.05) is 5.73 Å². The van der Waals surface area contributed by atoms with Gasteiger partial charge in [-0.2, -0.15) is 0 Å². The molecule has 15 heavy (non-hydrogen) atoms. The van der Waals surface area contributed by atoms with Crippen LogP contribution in [0.2, 0.25) is 5.02 Å². The molecule has 0 aliphatic heterocycles. The van der Waals surface area contributed by atoms with E-state index in [4.69, 9.17) is 17.3 Å². The van der Waals surface area contributed by atoms with E-state index in [0.717, 1.165) is 5.01 Å². The minimum Gasteiger partial charge on any atom is -0.389 e. The van der Waals surface area contributed by atoms with Crippen LogP contribution in [0.5, 0.6) is 0 Å². The van der Waals surface area contributed by atoms with Crippen molar-refractivity contribution in [2.45, 2.75) is 6.92 Å². The van der Waals surface area contributed by atoms with Crippen LogP contribution >= 0.6 is 22.9 Å². The summed E-state index contributed by atoms with van der Waals surface area (Å²) in [5.41, 5.74) is 6.56. The van der Waals surface area contributed by atoms with Gasteiger partial charge in [-0.3, -0.25) is 0 Å². The number of anilines is 1. The third kappa shape index (κ3) is 1.82. The number of hydrogen-bond donors (Lipinski definition) is 1. The zero-order valence-corrected chi connectivity index (χ0v) is 9.49. The summed E-state index contributed by atoms with van der Waals surface area (Å²) >= 11 is 7.02. The van der Waals surface area contributed by atoms with Crippen LogP contribution in [-0.2, 0) is 0 Å². The first-order valence-corrected chi connectivity index (χ1v) is 5.46. The molecule has 0 amide bonds. The molecular formula is C10H8ClFN2S. The molecule has 0 spiro atoms. The first-order chi connectivity index (χ1) is 7.09. The van der Waals surface area contributed by atoms with E-state index in [9.17, 15) is 4.39 Å². The van der Waals surface area contributed by atoms with E-state index in [1.165, 1.54) is 17.4 Å². The van der Waals surface area contributed by atoms with Crippen molar-refractivity contribution in [3.8, 4) is 11.3 Å². The zero-order chi connectivity index (χ0) is 11.0. The second-order valence-corrected chi connectivity index (χ2v) is 4.69. The summed E-state index contributed by atoms with van der Waals surface area (Å²) in [6.07, 6.45) is 0. The highest BCUT2D eigenvalue weighted by Gasteiger charge is 2.14. The summed E-state index contributed by atoms with van der Waals surface area (Å²) in [6.45, 7) is 1.83. The van der Waals surface area contributed by atoms with Crippen molar-refractivity contribution in [3.05, 3.63) is 34.0 Å². The number of aryl methyl sites for hydroxylation is 1. The van der Waals surface area contributed by atoms with Crippen LogP contribution in [0.3, 0.4) is 0 Å². The fourth-order valence-corrected chi connectivity index (χ4v) is 2.20. The van der Waals surface area contributed by atoms with Gasteiger partial charge in [-0.25, -0.2) is 9.37 Å². The summed E-state index contributed by atoms with van der Waals surface area (Å²) < 4.78 is 13.7. The van der Waals surface area contributed by atoms with Gasteiger partial charge < -0.3 is 5.73 Å². The summed E-state index contributed by atoms with van der Waals surface area (Å²) in [4.78, 5) is 4.18. The van der Waals surface area contributed by atoms with Crippen LogP contribution in [0.1, 0.15) is 5.01 Å². The monoisotopic (exact) mass is 242 g/mol. The van der Waals surface area contributed by atoms with E-state index in [0.29, 0.717) is 16.3 Å². The molecule has 0 saturated heterocycles. The Bertz CT molecular complexity index is 510. The molecule has 0 aliphatic rings. The Balaban J connectivity index is 2.64. The van der Waals surface area contributed by atoms with E-state index in [2.05, 4.69) is 4.98 Å². The summed E-state index contributed by atoms with van der Waals surface area (Å²) in [5.74, 6) is -0.476. The van der Waals surface area contributed by atoms with Gasteiger partial charge in [0.05, 0.1) is 10.0 Å². The van der Waals surface area contributed by atoms with E-state index in [-0.39, 0.29) is 5.02 Å². The molecule has 2 rings (SSSR count). The number of nitrogen functional groups attached to an aromatic ring is 1. The van der Waals surface area contributed by atoms with Gasteiger partial charge in [-0.1, -0.05) is 17.7 Å². The average molecular weight is 243 g/mol. The van der Waals surface area contributed by atoms with Crippen molar-refractivity contribution in [2.24, 2.45) is 0 Å². The molecule has 1 aromatic heterocycles. The number of thiazole rings is 1. The molecule has 1 aromatic carbocycles. The van der Waals surface area contributed by atoms with Crippen molar-refractivity contribution in [1.29, 1.82) is 0 Å². The molecule has 0 saturated carbocycles. The second kappa shape index (κ2) is 3.79. The predicted molar refractivity (Wildman–Crippen MR) is 61.7 cm³/mol. The third-order valence-electron chi connectivity index (χ3n) is 1.97. The van der Waals surface area contributed by atoms with Crippen molar-refractivity contribution in [1.82, 2.24) is 4.98 Å². The SMILES string of the molecule is Cc1nc(-c2cccc(Cl)c2F)c(N)s1. The molecule has 5 heteroatoms. The lowest BCUT2D eigenvalue weighted by Gasteiger charge is -2.01. The standard InChI is InChI=1S/C10H8ClFN2S/c1-5-14-9(10(13)15-5)6-3-2-4-7(11)8(6)12/h2-4H,13H2,1H3. The Morgan fingerprint density at radius 1 is 1.47 bits per heavy atom. The molecular weight excluding hydrogens is 235 g/mol. The number of aromatic nitrogens is 1. The van der Waals surface area contributed by atoms with E-state index < -0.39 is 5.82 Å². The Morgan fingerprint density at radius 3 is 2.80 bits per heavy atom. The number of halogens is 2. The largest absolute Gasteiger partial charge is 0.389 e. The normalized spacial score (nSPS) is 10.6. The third-order valence-corrected chi connectivity index (χ3v) is 3.06. The molecule has 0 unspecified atom stereocenters. The van der Waals surface area contributed by atoms with Crippen LogP contribution in [0.25, 0.3) is 11.3 Å². The molecule has 2 nitrogen and oxygen atoms in total. The van der Waals surface area contributed by atoms with Crippen molar-refractivity contribution >= 4 is 27.9 Å². The maximum Gasteiger partial charge on any atom is 0.151 e. The topological polar surface area (TPSA) is 38.9 Å². The van der Waals surface area contributed by atoms with E-state index in [1.807, 2.05) is 6.92 Å². The first-order valence-electron chi connectivity index (χ1n) is 4.27. The van der Waals surface area contributed by atoms with Crippen LogP contribution in [-0.4, -0.2) is 4.98 Å². The first kappa shape index (κ1) is 10.4. The maximum atomic E-state index is 13.7. The molecule has 0 radical (unpaired) electrons. The number of rotatable bonds is 1. The minimum atomic E-state index is -0.476. The minimum absolute atomic E-state index is 0.0811. The quantitative estimate of drug-likeness (QED) is 0.831. The van der Waals surface area contributed by atoms with Gasteiger partial charge >= 0.3 is 0 Å². The molecule has 2 N–H and O–H groups in total. The van der Waals surface area contributed by atoms with E-state index >= 15 is 0 Å². The van der Waals surface area contributed by atoms with Gasteiger partial charge in [0.15, 0.2) is 5.82 Å². The fraction of sp³-hybridized carbons (Fsp3) is 0.100. The van der Waals surface area contributed by atoms with Crippen LogP contribution < -0.4 is 5.73 Å². The van der Waals surface area contributed by atoms with Crippen LogP contribution in [0, 0.1) is 12.7 Å². The lowest BCUT2D eigenvalue weighted by atomic mass is 10.1. The lowest BCUT2D eigenvalue weighted by Crippen LogP contribution is -1.90. The van der Waals surface area contributed by atoms with Gasteiger partial charge in [0.25, 0.3) is 0 Å². The second-order valence-electron chi connectivity index (χ2n) is 3.05. The van der Waals surface area contributed by atoms with Gasteiger partial charge in [0.1, 0.15) is 10.7 Å². The van der Waals surface area contributed by atoms with Gasteiger partial charge in [-0.05, 0) is 19.1 Å². The molecule has 1 heterocycles. The van der Waals surface area contributed by atoms with Crippen molar-refractivity contribution < 1.29 is 4.39 Å². The summed E-state index contributed by atoms with van der Waals surface area (Å²) in [7, 11) is 0. The average Bonchev–Trinajstić information content (AvgIpc) is 2.50. The van der Waals surface area contributed by atoms with Crippen LogP contribution in [0.4, 0.5) is 9.39 Å². The molecule has 78 valence electrons. The van der Waals surface area contributed by atoms with Crippen LogP contribution in [0.15, 0.2) is 18.2 Å². The molecule has 0 bridgehead atoms. The molecule has 2 aromatic rings. The summed E-state index contributed by atoms with van der Waals surface area (Å²) in [5, 5.41) is 1.40. The highest BCUT2D eigenvalue weighted by molar-refractivity contribution is 7.16. The van der Waals surface area contributed by atoms with E-state index in [1.54, 1.807) is 12.1 Å². The highest BCUT2D eigenvalue weighted by Crippen LogP contribution is 2.33. The zero-order valence-electron chi connectivity index (χ0n) is 7.92. The Kier molecular flexibility index (Phi) is 2.63. The highest BCUT2D eigenvalue weighted by atomic mass is 35.5. The van der Waals surface area contributed by atoms with Gasteiger partial charge in [0, 0.05) is 5.56 Å². The number of benzene rings is 1. The number of nitrogens with zero attached hydrogens (tertiary/aromatic N) is 1. The maximum absolute atomic E-state index is 13.7. The molecule has 0 atom stereocenters. The smallest absolute Gasteiger partial charge is 0.151 e. The lowest BCUT2D eigenvalue weighted by molar-refractivity contribution is 0.631. The fourth-order valence-electron chi connectivity index (χ4n) is 1.32. The van der Waals surface area contributed by atoms with Crippen molar-refractivity contribution in [3.63, 3.8) is 0 Å². The molecule has 0 fully saturated rings. The Labute approximate surface area is 95.5 Å².